The van der Waals surface area contributed by atoms with E-state index in [1.807, 2.05) is 18.2 Å². The number of nitrogens with zero attached hydrogens (tertiary/aromatic N) is 3. The Morgan fingerprint density at radius 1 is 1.00 bits per heavy atom. The standard InChI is InChI=1S/C13H10ClN5/c14-9-3-4-10(11-8(9)2-1-5-16-11)19-13-12(15)17-6-7-18-13/h1-7H,(H2,15,17)(H,18,19). The van der Waals surface area contributed by atoms with Gasteiger partial charge in [0.2, 0.25) is 0 Å². The smallest absolute Gasteiger partial charge is 0.173 e. The van der Waals surface area contributed by atoms with Crippen LogP contribution in [0.1, 0.15) is 0 Å². The Morgan fingerprint density at radius 3 is 2.68 bits per heavy atom. The average Bonchev–Trinajstić information content (AvgIpc) is 2.44. The minimum Gasteiger partial charge on any atom is -0.381 e. The van der Waals surface area contributed by atoms with Gasteiger partial charge in [-0.05, 0) is 24.3 Å². The number of halogens is 1. The molecule has 0 fully saturated rings. The van der Waals surface area contributed by atoms with Crippen LogP contribution in [-0.4, -0.2) is 15.0 Å². The van der Waals surface area contributed by atoms with Gasteiger partial charge in [0.15, 0.2) is 11.6 Å². The summed E-state index contributed by atoms with van der Waals surface area (Å²) in [5, 5.41) is 4.65. The average molecular weight is 272 g/mol. The summed E-state index contributed by atoms with van der Waals surface area (Å²) >= 11 is 6.14. The van der Waals surface area contributed by atoms with Gasteiger partial charge in [-0.2, -0.15) is 0 Å². The molecule has 3 N–H and O–H groups in total. The number of nitrogens with two attached hydrogens (primary N) is 1. The van der Waals surface area contributed by atoms with Crippen LogP contribution in [0.2, 0.25) is 5.02 Å². The third-order valence-electron chi connectivity index (χ3n) is 2.70. The van der Waals surface area contributed by atoms with Gasteiger partial charge in [-0.25, -0.2) is 9.97 Å². The molecule has 0 unspecified atom stereocenters. The zero-order valence-electron chi connectivity index (χ0n) is 9.84. The van der Waals surface area contributed by atoms with Crippen LogP contribution in [0.5, 0.6) is 0 Å². The van der Waals surface area contributed by atoms with Gasteiger partial charge in [0, 0.05) is 24.0 Å². The van der Waals surface area contributed by atoms with Crippen molar-refractivity contribution >= 4 is 39.8 Å². The van der Waals surface area contributed by atoms with Gasteiger partial charge in [-0.15, -0.1) is 0 Å². The number of nitrogens with one attached hydrogen (secondary N) is 1. The molecule has 0 amide bonds. The normalized spacial score (nSPS) is 10.6. The highest BCUT2D eigenvalue weighted by Crippen LogP contribution is 2.30. The van der Waals surface area contributed by atoms with Crippen molar-refractivity contribution in [1.29, 1.82) is 0 Å². The number of aromatic nitrogens is 3. The number of anilines is 3. The molecule has 0 saturated carbocycles. The fourth-order valence-corrected chi connectivity index (χ4v) is 2.03. The second-order valence-corrected chi connectivity index (χ2v) is 4.32. The van der Waals surface area contributed by atoms with Crippen molar-refractivity contribution in [3.05, 3.63) is 47.9 Å². The molecular formula is C13H10ClN5. The molecule has 94 valence electrons. The Balaban J connectivity index is 2.12. The van der Waals surface area contributed by atoms with Crippen LogP contribution in [0.15, 0.2) is 42.9 Å². The number of nitrogen functional groups attached to an aromatic ring is 1. The Morgan fingerprint density at radius 2 is 1.84 bits per heavy atom. The second kappa shape index (κ2) is 4.70. The molecule has 0 aliphatic heterocycles. The first kappa shape index (κ1) is 11.7. The van der Waals surface area contributed by atoms with Gasteiger partial charge in [0.25, 0.3) is 0 Å². The lowest BCUT2D eigenvalue weighted by atomic mass is 10.2. The SMILES string of the molecule is Nc1nccnc1Nc1ccc(Cl)c2cccnc12. The first-order chi connectivity index (χ1) is 9.25. The van der Waals surface area contributed by atoms with Crippen LogP contribution in [0, 0.1) is 0 Å². The number of hydrogen-bond donors (Lipinski definition) is 2. The molecular weight excluding hydrogens is 262 g/mol. The van der Waals surface area contributed by atoms with Gasteiger partial charge in [0.1, 0.15) is 0 Å². The van der Waals surface area contributed by atoms with Crippen molar-refractivity contribution in [2.24, 2.45) is 0 Å². The van der Waals surface area contributed by atoms with Crippen molar-refractivity contribution in [3.63, 3.8) is 0 Å². The van der Waals surface area contributed by atoms with Crippen LogP contribution >= 0.6 is 11.6 Å². The number of fused-ring (bicyclic) bond motifs is 1. The van der Waals surface area contributed by atoms with Crippen molar-refractivity contribution in [2.45, 2.75) is 0 Å². The van der Waals surface area contributed by atoms with E-state index < -0.39 is 0 Å². The quantitative estimate of drug-likeness (QED) is 0.749. The van der Waals surface area contributed by atoms with E-state index in [2.05, 4.69) is 20.3 Å². The van der Waals surface area contributed by atoms with Crippen LogP contribution in [-0.2, 0) is 0 Å². The maximum absolute atomic E-state index is 6.14. The third kappa shape index (κ3) is 2.15. The first-order valence-corrected chi connectivity index (χ1v) is 6.00. The highest BCUT2D eigenvalue weighted by molar-refractivity contribution is 6.35. The predicted molar refractivity (Wildman–Crippen MR) is 76.5 cm³/mol. The van der Waals surface area contributed by atoms with Gasteiger partial charge in [0.05, 0.1) is 16.2 Å². The fourth-order valence-electron chi connectivity index (χ4n) is 1.81. The van der Waals surface area contributed by atoms with Gasteiger partial charge in [-0.1, -0.05) is 11.6 Å². The molecule has 0 aliphatic carbocycles. The molecule has 6 heteroatoms. The Kier molecular flexibility index (Phi) is 2.89. The molecule has 3 rings (SSSR count). The zero-order chi connectivity index (χ0) is 13.2. The maximum Gasteiger partial charge on any atom is 0.173 e. The Hall–Kier alpha value is -2.40. The lowest BCUT2D eigenvalue weighted by molar-refractivity contribution is 1.21. The second-order valence-electron chi connectivity index (χ2n) is 3.91. The summed E-state index contributed by atoms with van der Waals surface area (Å²) in [4.78, 5) is 12.5. The zero-order valence-corrected chi connectivity index (χ0v) is 10.6. The monoisotopic (exact) mass is 271 g/mol. The number of rotatable bonds is 2. The lowest BCUT2D eigenvalue weighted by Gasteiger charge is -2.10. The number of benzene rings is 1. The minimum absolute atomic E-state index is 0.335. The summed E-state index contributed by atoms with van der Waals surface area (Å²) in [6.45, 7) is 0. The van der Waals surface area contributed by atoms with E-state index in [1.54, 1.807) is 24.7 Å². The van der Waals surface area contributed by atoms with Crippen LogP contribution < -0.4 is 11.1 Å². The Labute approximate surface area is 114 Å². The first-order valence-electron chi connectivity index (χ1n) is 5.62. The maximum atomic E-state index is 6.14. The summed E-state index contributed by atoms with van der Waals surface area (Å²) in [7, 11) is 0. The number of pyridine rings is 1. The highest BCUT2D eigenvalue weighted by atomic mass is 35.5. The largest absolute Gasteiger partial charge is 0.381 e. The van der Waals surface area contributed by atoms with E-state index in [1.165, 1.54) is 0 Å². The highest BCUT2D eigenvalue weighted by Gasteiger charge is 2.08. The summed E-state index contributed by atoms with van der Waals surface area (Å²) < 4.78 is 0. The van der Waals surface area contributed by atoms with Gasteiger partial charge < -0.3 is 11.1 Å². The van der Waals surface area contributed by atoms with Crippen molar-refractivity contribution in [3.8, 4) is 0 Å². The molecule has 19 heavy (non-hydrogen) atoms. The molecule has 0 radical (unpaired) electrons. The third-order valence-corrected chi connectivity index (χ3v) is 3.03. The topological polar surface area (TPSA) is 76.7 Å². The molecule has 0 spiro atoms. The molecule has 0 bridgehead atoms. The number of hydrogen-bond acceptors (Lipinski definition) is 5. The van der Waals surface area contributed by atoms with E-state index in [-0.39, 0.29) is 0 Å². The summed E-state index contributed by atoms with van der Waals surface area (Å²) in [5.41, 5.74) is 7.31. The predicted octanol–water partition coefficient (Wildman–Crippen LogP) is 3.00. The molecule has 0 saturated heterocycles. The van der Waals surface area contributed by atoms with Crippen molar-refractivity contribution < 1.29 is 0 Å². The van der Waals surface area contributed by atoms with E-state index in [9.17, 15) is 0 Å². The van der Waals surface area contributed by atoms with Gasteiger partial charge >= 0.3 is 0 Å². The molecule has 5 nitrogen and oxygen atoms in total. The molecule has 2 aromatic heterocycles. The van der Waals surface area contributed by atoms with Crippen LogP contribution in [0.25, 0.3) is 10.9 Å². The van der Waals surface area contributed by atoms with E-state index in [0.717, 1.165) is 16.6 Å². The van der Waals surface area contributed by atoms with Crippen LogP contribution in [0.3, 0.4) is 0 Å². The molecule has 0 atom stereocenters. The van der Waals surface area contributed by atoms with Crippen molar-refractivity contribution in [2.75, 3.05) is 11.1 Å². The summed E-state index contributed by atoms with van der Waals surface area (Å²) in [6.07, 6.45) is 4.83. The summed E-state index contributed by atoms with van der Waals surface area (Å²) in [5.74, 6) is 0.832. The molecule has 3 aromatic rings. The van der Waals surface area contributed by atoms with E-state index >= 15 is 0 Å². The van der Waals surface area contributed by atoms with E-state index in [0.29, 0.717) is 16.7 Å². The molecule has 2 heterocycles. The minimum atomic E-state index is 0.335. The summed E-state index contributed by atoms with van der Waals surface area (Å²) in [6, 6.07) is 7.40. The van der Waals surface area contributed by atoms with E-state index in [4.69, 9.17) is 17.3 Å². The molecule has 0 aliphatic rings. The van der Waals surface area contributed by atoms with Crippen molar-refractivity contribution in [1.82, 2.24) is 15.0 Å². The van der Waals surface area contributed by atoms with Crippen LogP contribution in [0.4, 0.5) is 17.3 Å². The Bertz CT molecular complexity index is 744. The fraction of sp³-hybridized carbons (Fsp3) is 0. The van der Waals surface area contributed by atoms with Gasteiger partial charge in [-0.3, -0.25) is 4.98 Å². The molecule has 1 aromatic carbocycles. The lowest BCUT2D eigenvalue weighted by Crippen LogP contribution is -2.01.